The largest absolute Gasteiger partial charge is 0.364 e. The summed E-state index contributed by atoms with van der Waals surface area (Å²) in [5.74, 6) is 1.000. The number of nitrogens with one attached hydrogen (secondary N) is 1. The van der Waals surface area contributed by atoms with Crippen molar-refractivity contribution in [1.29, 1.82) is 0 Å². The Hall–Kier alpha value is -0.550. The molecule has 1 saturated carbocycles. The summed E-state index contributed by atoms with van der Waals surface area (Å²) in [5, 5.41) is 3.74. The normalized spacial score (nSPS) is 33.4. The van der Waals surface area contributed by atoms with E-state index in [0.717, 1.165) is 16.5 Å². The zero-order valence-electron chi connectivity index (χ0n) is 10.2. The topological polar surface area (TPSA) is 38.3 Å². The average molecular weight is 375 g/mol. The Bertz CT molecular complexity index is 661. The summed E-state index contributed by atoms with van der Waals surface area (Å²) in [6.07, 6.45) is 1.19. The minimum Gasteiger partial charge on any atom is -0.364 e. The number of halogens is 3. The highest BCUT2D eigenvalue weighted by atomic mass is 79.9. The highest BCUT2D eigenvalue weighted by Crippen LogP contribution is 2.61. The summed E-state index contributed by atoms with van der Waals surface area (Å²) in [7, 11) is 0. The molecule has 3 aliphatic rings. The van der Waals surface area contributed by atoms with E-state index in [1.54, 1.807) is 18.2 Å². The van der Waals surface area contributed by atoms with Gasteiger partial charge in [-0.3, -0.25) is 4.79 Å². The maximum atomic E-state index is 12.4. The number of hydrogen-bond acceptors (Lipinski definition) is 2. The van der Waals surface area contributed by atoms with Gasteiger partial charge in [0.2, 0.25) is 0 Å². The van der Waals surface area contributed by atoms with E-state index in [1.807, 2.05) is 0 Å². The second kappa shape index (κ2) is 4.47. The van der Waals surface area contributed by atoms with Gasteiger partial charge in [-0.25, -0.2) is 0 Å². The summed E-state index contributed by atoms with van der Waals surface area (Å²) in [6, 6.07) is 5.04. The van der Waals surface area contributed by atoms with Crippen LogP contribution >= 0.6 is 39.1 Å². The van der Waals surface area contributed by atoms with Crippen molar-refractivity contribution >= 4 is 50.7 Å². The second-order valence-corrected chi connectivity index (χ2v) is 7.05. The number of benzene rings is 1. The van der Waals surface area contributed by atoms with Gasteiger partial charge >= 0.3 is 0 Å². The van der Waals surface area contributed by atoms with Gasteiger partial charge in [-0.1, -0.05) is 39.1 Å². The number of ether oxygens (including phenoxy) is 1. The third-order valence-corrected chi connectivity index (χ3v) is 5.79. The predicted molar refractivity (Wildman–Crippen MR) is 81.3 cm³/mol. The first-order valence-corrected chi connectivity index (χ1v) is 7.92. The van der Waals surface area contributed by atoms with E-state index in [1.165, 1.54) is 0 Å². The van der Waals surface area contributed by atoms with Crippen molar-refractivity contribution in [2.75, 3.05) is 5.32 Å². The molecular formula is C14H10BrCl2NO2. The smallest absolute Gasteiger partial charge is 0.255 e. The van der Waals surface area contributed by atoms with Gasteiger partial charge in [0.15, 0.2) is 0 Å². The molecule has 1 aromatic rings. The first-order chi connectivity index (χ1) is 9.56. The Morgan fingerprint density at radius 2 is 2.00 bits per heavy atom. The van der Waals surface area contributed by atoms with Gasteiger partial charge in [-0.15, -0.1) is 0 Å². The lowest BCUT2D eigenvalue weighted by Gasteiger charge is -2.13. The van der Waals surface area contributed by atoms with Crippen LogP contribution in [0.3, 0.4) is 0 Å². The lowest BCUT2D eigenvalue weighted by Crippen LogP contribution is -2.24. The summed E-state index contributed by atoms with van der Waals surface area (Å²) in [6.45, 7) is 0. The fourth-order valence-electron chi connectivity index (χ4n) is 3.12. The maximum absolute atomic E-state index is 12.4. The van der Waals surface area contributed by atoms with Crippen molar-refractivity contribution in [2.45, 2.75) is 18.6 Å². The molecule has 2 heterocycles. The molecule has 2 bridgehead atoms. The number of amides is 1. The molecule has 2 fully saturated rings. The monoisotopic (exact) mass is 373 g/mol. The molecule has 1 aliphatic carbocycles. The van der Waals surface area contributed by atoms with E-state index in [2.05, 4.69) is 21.2 Å². The van der Waals surface area contributed by atoms with Gasteiger partial charge in [0.25, 0.3) is 5.91 Å². The standard InChI is InChI=1S/C14H10BrCl2NO2/c15-11-10(12-6-4-7(6)13(11)20-12)14(19)18-5-1-2-8(16)9(17)3-5/h1-3,6-7,12-13H,4H2,(H,18,19)/t6-,7+,12-,13+/m1/s1. The molecule has 6 heteroatoms. The quantitative estimate of drug-likeness (QED) is 0.849. The van der Waals surface area contributed by atoms with Crippen LogP contribution in [0, 0.1) is 11.8 Å². The molecule has 0 spiro atoms. The van der Waals surface area contributed by atoms with Gasteiger partial charge in [-0.2, -0.15) is 0 Å². The van der Waals surface area contributed by atoms with Crippen LogP contribution in [0.4, 0.5) is 5.69 Å². The van der Waals surface area contributed by atoms with Crippen molar-refractivity contribution in [3.63, 3.8) is 0 Å². The zero-order chi connectivity index (χ0) is 14.0. The van der Waals surface area contributed by atoms with Crippen molar-refractivity contribution in [2.24, 2.45) is 11.8 Å². The molecule has 20 heavy (non-hydrogen) atoms. The van der Waals surface area contributed by atoms with E-state index in [9.17, 15) is 4.79 Å². The number of hydrogen-bond donors (Lipinski definition) is 1. The van der Waals surface area contributed by atoms with Gasteiger partial charge in [0.05, 0.1) is 27.8 Å². The van der Waals surface area contributed by atoms with E-state index < -0.39 is 0 Å². The number of carbonyl (C=O) groups excluding carboxylic acids is 1. The Morgan fingerprint density at radius 3 is 2.70 bits per heavy atom. The zero-order valence-corrected chi connectivity index (χ0v) is 13.3. The Balaban J connectivity index is 1.58. The van der Waals surface area contributed by atoms with Gasteiger partial charge in [0.1, 0.15) is 0 Å². The lowest BCUT2D eigenvalue weighted by atomic mass is 9.98. The summed E-state index contributed by atoms with van der Waals surface area (Å²) < 4.78 is 6.73. The molecule has 3 nitrogen and oxygen atoms in total. The molecule has 1 N–H and O–H groups in total. The highest BCUT2D eigenvalue weighted by Gasteiger charge is 2.63. The number of anilines is 1. The first-order valence-electron chi connectivity index (χ1n) is 6.37. The van der Waals surface area contributed by atoms with Crippen LogP contribution in [0.15, 0.2) is 28.3 Å². The fourth-order valence-corrected chi connectivity index (χ4v) is 4.27. The average Bonchev–Trinajstić information content (AvgIpc) is 3.03. The molecule has 4 rings (SSSR count). The SMILES string of the molecule is O=C(Nc1ccc(Cl)c(Cl)c1)C1=C(Br)[C@H]2O[C@@H]1[C@@H]1C[C@@H]12. The van der Waals surface area contributed by atoms with Crippen LogP contribution in [0.25, 0.3) is 0 Å². The van der Waals surface area contributed by atoms with Gasteiger partial charge < -0.3 is 10.1 Å². The Morgan fingerprint density at radius 1 is 1.25 bits per heavy atom. The minimum atomic E-state index is -0.131. The summed E-state index contributed by atoms with van der Waals surface area (Å²) >= 11 is 15.3. The van der Waals surface area contributed by atoms with Crippen molar-refractivity contribution in [3.05, 3.63) is 38.3 Å². The van der Waals surface area contributed by atoms with E-state index in [4.69, 9.17) is 27.9 Å². The summed E-state index contributed by atoms with van der Waals surface area (Å²) in [5.41, 5.74) is 1.35. The van der Waals surface area contributed by atoms with Crippen LogP contribution in [0.5, 0.6) is 0 Å². The van der Waals surface area contributed by atoms with Crippen LogP contribution < -0.4 is 5.32 Å². The number of rotatable bonds is 2. The van der Waals surface area contributed by atoms with E-state index in [-0.39, 0.29) is 18.1 Å². The fraction of sp³-hybridized carbons (Fsp3) is 0.357. The number of fused-ring (bicyclic) bond motifs is 5. The lowest BCUT2D eigenvalue weighted by molar-refractivity contribution is -0.113. The Kier molecular flexibility index (Phi) is 2.94. The third-order valence-electron chi connectivity index (χ3n) is 4.18. The molecule has 104 valence electrons. The summed E-state index contributed by atoms with van der Waals surface area (Å²) in [4.78, 5) is 12.4. The van der Waals surface area contributed by atoms with E-state index >= 15 is 0 Å². The van der Waals surface area contributed by atoms with Crippen molar-refractivity contribution < 1.29 is 9.53 Å². The molecule has 1 amide bonds. The van der Waals surface area contributed by atoms with Crippen LogP contribution in [0.2, 0.25) is 10.0 Å². The first kappa shape index (κ1) is 13.1. The molecule has 4 atom stereocenters. The van der Waals surface area contributed by atoms with Crippen LogP contribution in [-0.4, -0.2) is 18.1 Å². The Labute approximate surface area is 134 Å². The molecule has 0 aromatic heterocycles. The van der Waals surface area contributed by atoms with Crippen LogP contribution in [0.1, 0.15) is 6.42 Å². The minimum absolute atomic E-state index is 0.0536. The van der Waals surface area contributed by atoms with Crippen molar-refractivity contribution in [1.82, 2.24) is 0 Å². The molecule has 0 radical (unpaired) electrons. The third kappa shape index (κ3) is 1.86. The van der Waals surface area contributed by atoms with E-state index in [0.29, 0.717) is 27.6 Å². The van der Waals surface area contributed by atoms with Crippen LogP contribution in [-0.2, 0) is 9.53 Å². The molecule has 1 aromatic carbocycles. The molecular weight excluding hydrogens is 365 g/mol. The predicted octanol–water partition coefficient (Wildman–Crippen LogP) is 4.00. The molecule has 0 unspecified atom stereocenters. The highest BCUT2D eigenvalue weighted by molar-refractivity contribution is 9.11. The van der Waals surface area contributed by atoms with Crippen molar-refractivity contribution in [3.8, 4) is 0 Å². The second-order valence-electron chi connectivity index (χ2n) is 5.39. The van der Waals surface area contributed by atoms with Gasteiger partial charge in [0, 0.05) is 10.2 Å². The molecule has 1 saturated heterocycles. The maximum Gasteiger partial charge on any atom is 0.255 e. The van der Waals surface area contributed by atoms with Gasteiger partial charge in [-0.05, 0) is 36.5 Å². The molecule has 2 aliphatic heterocycles. The number of carbonyl (C=O) groups is 1.